The number of aliphatic hydroxyl groups excluding tert-OH is 2. The van der Waals surface area contributed by atoms with Gasteiger partial charge in [-0.05, 0) is 6.92 Å². The van der Waals surface area contributed by atoms with E-state index in [-0.39, 0.29) is 37.7 Å². The van der Waals surface area contributed by atoms with Crippen LogP contribution in [0.2, 0.25) is 0 Å². The summed E-state index contributed by atoms with van der Waals surface area (Å²) in [4.78, 5) is 28.4. The van der Waals surface area contributed by atoms with E-state index in [1.807, 2.05) is 0 Å². The Kier molecular flexibility index (Phi) is 57.0. The lowest BCUT2D eigenvalue weighted by atomic mass is 10.3. The summed E-state index contributed by atoms with van der Waals surface area (Å²) in [5.74, 6) is -0.759. The van der Waals surface area contributed by atoms with Crippen LogP contribution in [-0.4, -0.2) is 46.8 Å². The zero-order chi connectivity index (χ0) is 11.3. The molecule has 0 aromatic heterocycles. The first kappa shape index (κ1) is 29.2. The lowest BCUT2D eigenvalue weighted by Gasteiger charge is -1.73. The molecule has 0 saturated carbocycles. The molecule has 4 N–H and O–H groups in total. The van der Waals surface area contributed by atoms with Gasteiger partial charge in [-0.2, -0.15) is 0 Å². The second-order valence-electron chi connectivity index (χ2n) is 1.80. The summed E-state index contributed by atoms with van der Waals surface area (Å²) < 4.78 is 0. The van der Waals surface area contributed by atoms with Gasteiger partial charge in [0.05, 0.1) is 13.2 Å². The molecule has 15 heavy (non-hydrogen) atoms. The molecular weight excluding hydrogens is 204 g/mol. The Hall–Kier alpha value is -1.11. The van der Waals surface area contributed by atoms with Gasteiger partial charge in [0, 0.05) is 13.8 Å². The summed E-state index contributed by atoms with van der Waals surface area (Å²) in [5.41, 5.74) is 0. The molecule has 0 heterocycles. The molecule has 0 fully saturated rings. The van der Waals surface area contributed by atoms with E-state index in [2.05, 4.69) is 0 Å². The van der Waals surface area contributed by atoms with Gasteiger partial charge in [-0.1, -0.05) is 7.43 Å². The third-order valence-electron chi connectivity index (χ3n) is 0.596. The molecule has 0 unspecified atom stereocenters. The maximum absolute atomic E-state index is 9.79. The zero-order valence-electron chi connectivity index (χ0n) is 8.61. The Morgan fingerprint density at radius 1 is 1.07 bits per heavy atom. The molecule has 0 bridgehead atoms. The van der Waals surface area contributed by atoms with Gasteiger partial charge in [-0.3, -0.25) is 9.59 Å². The molecule has 0 amide bonds. The number of carbonyl (C=O) groups is 3. The first-order valence-electron chi connectivity index (χ1n) is 3.60. The summed E-state index contributed by atoms with van der Waals surface area (Å²) in [6.45, 7) is 3.70. The Morgan fingerprint density at radius 3 is 1.20 bits per heavy atom. The SMILES string of the molecule is C.CC(=O)C(C)=O.CC=O.O.OCCO. The molecule has 0 aliphatic heterocycles. The van der Waals surface area contributed by atoms with Crippen LogP contribution in [0.3, 0.4) is 0 Å². The molecular formula is C9H22O6. The minimum absolute atomic E-state index is 0. The van der Waals surface area contributed by atoms with Crippen LogP contribution in [0.5, 0.6) is 0 Å². The van der Waals surface area contributed by atoms with Crippen molar-refractivity contribution in [2.45, 2.75) is 28.2 Å². The number of hydrogen-bond donors (Lipinski definition) is 2. The first-order chi connectivity index (χ1) is 5.97. The van der Waals surface area contributed by atoms with Crippen LogP contribution < -0.4 is 0 Å². The summed E-state index contributed by atoms with van der Waals surface area (Å²) in [7, 11) is 0. The lowest BCUT2D eigenvalue weighted by molar-refractivity contribution is -0.134. The molecule has 6 nitrogen and oxygen atoms in total. The van der Waals surface area contributed by atoms with E-state index in [1.165, 1.54) is 20.8 Å². The van der Waals surface area contributed by atoms with Gasteiger partial charge in [0.2, 0.25) is 0 Å². The van der Waals surface area contributed by atoms with Crippen molar-refractivity contribution in [3.05, 3.63) is 0 Å². The van der Waals surface area contributed by atoms with Crippen molar-refractivity contribution in [2.75, 3.05) is 13.2 Å². The van der Waals surface area contributed by atoms with Gasteiger partial charge >= 0.3 is 0 Å². The average molecular weight is 226 g/mol. The molecule has 94 valence electrons. The van der Waals surface area contributed by atoms with Gasteiger partial charge in [-0.15, -0.1) is 0 Å². The van der Waals surface area contributed by atoms with Gasteiger partial charge in [0.25, 0.3) is 0 Å². The second kappa shape index (κ2) is 29.3. The summed E-state index contributed by atoms with van der Waals surface area (Å²) >= 11 is 0. The Balaban J connectivity index is -0.0000000332. The summed E-state index contributed by atoms with van der Waals surface area (Å²) in [6.07, 6.45) is 0.750. The van der Waals surface area contributed by atoms with Gasteiger partial charge in [-0.25, -0.2) is 0 Å². The largest absolute Gasteiger partial charge is 0.412 e. The number of aliphatic hydroxyl groups is 2. The van der Waals surface area contributed by atoms with E-state index in [0.29, 0.717) is 0 Å². The fourth-order valence-electron chi connectivity index (χ4n) is 0. The first-order valence-corrected chi connectivity index (χ1v) is 3.60. The van der Waals surface area contributed by atoms with Crippen LogP contribution in [0.4, 0.5) is 0 Å². The predicted molar refractivity (Wildman–Crippen MR) is 57.6 cm³/mol. The minimum atomic E-state index is -0.380. The predicted octanol–water partition coefficient (Wildman–Crippen LogP) is -0.848. The fourth-order valence-corrected chi connectivity index (χ4v) is 0. The monoisotopic (exact) mass is 226 g/mol. The van der Waals surface area contributed by atoms with Crippen LogP contribution in [0, 0.1) is 0 Å². The van der Waals surface area contributed by atoms with Gasteiger partial charge < -0.3 is 20.5 Å². The molecule has 0 rings (SSSR count). The third kappa shape index (κ3) is 101. The van der Waals surface area contributed by atoms with E-state index in [1.54, 1.807) is 0 Å². The fraction of sp³-hybridized carbons (Fsp3) is 0.667. The molecule has 0 aliphatic rings. The van der Waals surface area contributed by atoms with E-state index >= 15 is 0 Å². The molecule has 0 saturated heterocycles. The van der Waals surface area contributed by atoms with Crippen LogP contribution >= 0.6 is 0 Å². The molecule has 0 aromatic carbocycles. The third-order valence-corrected chi connectivity index (χ3v) is 0.596. The van der Waals surface area contributed by atoms with Crippen molar-refractivity contribution >= 4 is 17.9 Å². The number of carbonyl (C=O) groups excluding carboxylic acids is 3. The quantitative estimate of drug-likeness (QED) is 0.469. The highest BCUT2D eigenvalue weighted by Crippen LogP contribution is 1.66. The van der Waals surface area contributed by atoms with Gasteiger partial charge in [0.15, 0.2) is 11.6 Å². The average Bonchev–Trinajstić information content (AvgIpc) is 2.06. The maximum atomic E-state index is 9.79. The smallest absolute Gasteiger partial charge is 0.195 e. The molecule has 0 aliphatic carbocycles. The highest BCUT2D eigenvalue weighted by atomic mass is 16.3. The minimum Gasteiger partial charge on any atom is -0.412 e. The van der Waals surface area contributed by atoms with Crippen LogP contribution in [0.25, 0.3) is 0 Å². The lowest BCUT2D eigenvalue weighted by Crippen LogP contribution is -2.01. The Labute approximate surface area is 90.2 Å². The highest BCUT2D eigenvalue weighted by molar-refractivity contribution is 6.35. The van der Waals surface area contributed by atoms with Crippen molar-refractivity contribution in [2.24, 2.45) is 0 Å². The van der Waals surface area contributed by atoms with Crippen LogP contribution in [0.1, 0.15) is 28.2 Å². The number of Topliss-reactive ketones (excluding diaryl/α,β-unsaturated/α-hetero) is 2. The second-order valence-corrected chi connectivity index (χ2v) is 1.80. The van der Waals surface area contributed by atoms with E-state index < -0.39 is 0 Å². The van der Waals surface area contributed by atoms with Crippen molar-refractivity contribution < 1.29 is 30.1 Å². The highest BCUT2D eigenvalue weighted by Gasteiger charge is 1.94. The topological polar surface area (TPSA) is 123 Å². The zero-order valence-corrected chi connectivity index (χ0v) is 8.61. The molecule has 0 aromatic rings. The normalized spacial score (nSPS) is 5.93. The van der Waals surface area contributed by atoms with Crippen LogP contribution in [0.15, 0.2) is 0 Å². The van der Waals surface area contributed by atoms with Crippen molar-refractivity contribution in [3.8, 4) is 0 Å². The number of ketones is 2. The number of rotatable bonds is 2. The number of hydrogen-bond acceptors (Lipinski definition) is 5. The summed E-state index contributed by atoms with van der Waals surface area (Å²) in [6, 6.07) is 0. The Bertz CT molecular complexity index is 130. The van der Waals surface area contributed by atoms with Crippen molar-refractivity contribution in [1.82, 2.24) is 0 Å². The standard InChI is InChI=1S/C4H6O2.C2H6O2.C2H4O.CH4.H2O/c1-3(5)4(2)6;3-1-2-4;1-2-3;;/h1-2H3;3-4H,1-2H2;2H,1H3;1H4;1H2. The van der Waals surface area contributed by atoms with Crippen molar-refractivity contribution in [3.63, 3.8) is 0 Å². The Morgan fingerprint density at radius 2 is 1.20 bits per heavy atom. The molecule has 0 radical (unpaired) electrons. The van der Waals surface area contributed by atoms with E-state index in [4.69, 9.17) is 15.0 Å². The van der Waals surface area contributed by atoms with E-state index in [9.17, 15) is 9.59 Å². The molecule has 6 heteroatoms. The molecule has 0 spiro atoms. The summed E-state index contributed by atoms with van der Waals surface area (Å²) in [5, 5.41) is 15.2. The van der Waals surface area contributed by atoms with Crippen LogP contribution in [-0.2, 0) is 14.4 Å². The van der Waals surface area contributed by atoms with E-state index in [0.717, 1.165) is 6.29 Å². The van der Waals surface area contributed by atoms with Crippen molar-refractivity contribution in [1.29, 1.82) is 0 Å². The maximum Gasteiger partial charge on any atom is 0.195 e. The number of aldehydes is 1. The molecule has 0 atom stereocenters. The van der Waals surface area contributed by atoms with Gasteiger partial charge in [0.1, 0.15) is 6.29 Å².